The summed E-state index contributed by atoms with van der Waals surface area (Å²) >= 11 is 1.64. The van der Waals surface area contributed by atoms with Gasteiger partial charge in [-0.15, -0.1) is 11.3 Å². The molecule has 0 fully saturated rings. The number of rotatable bonds is 5. The van der Waals surface area contributed by atoms with E-state index in [-0.39, 0.29) is 12.5 Å². The molecule has 0 bridgehead atoms. The van der Waals surface area contributed by atoms with E-state index in [1.165, 1.54) is 0 Å². The van der Waals surface area contributed by atoms with Crippen molar-refractivity contribution in [2.75, 3.05) is 18.1 Å². The number of anilines is 1. The smallest absolute Gasteiger partial charge is 0.265 e. The highest BCUT2D eigenvalue weighted by Crippen LogP contribution is 2.35. The summed E-state index contributed by atoms with van der Waals surface area (Å²) in [6, 6.07) is 9.59. The van der Waals surface area contributed by atoms with Crippen molar-refractivity contribution in [1.82, 2.24) is 10.1 Å². The fourth-order valence-corrected chi connectivity index (χ4v) is 3.39. The maximum Gasteiger partial charge on any atom is 0.265 e. The minimum Gasteiger partial charge on any atom is -0.482 e. The van der Waals surface area contributed by atoms with Gasteiger partial charge in [0.2, 0.25) is 5.82 Å². The van der Waals surface area contributed by atoms with E-state index in [2.05, 4.69) is 10.1 Å². The summed E-state index contributed by atoms with van der Waals surface area (Å²) < 4.78 is 10.8. The van der Waals surface area contributed by atoms with E-state index in [0.29, 0.717) is 24.0 Å². The topological polar surface area (TPSA) is 68.5 Å². The standard InChI is InChI=1S/C19H17N3O3S/c1-2-9-22-15-11-13(5-7-16(15)24-12-18(22)23)19-20-17(25-21-19)8-6-14-4-3-10-26-14/h3-8,10-11H,2,9,12H2,1H3/b8-6+. The van der Waals surface area contributed by atoms with Crippen LogP contribution in [0.15, 0.2) is 40.2 Å². The Morgan fingerprint density at radius 3 is 3.04 bits per heavy atom. The number of nitrogens with zero attached hydrogens (tertiary/aromatic N) is 3. The van der Waals surface area contributed by atoms with Crippen LogP contribution in [0, 0.1) is 0 Å². The molecule has 7 heteroatoms. The van der Waals surface area contributed by atoms with Crippen molar-refractivity contribution in [1.29, 1.82) is 0 Å². The predicted octanol–water partition coefficient (Wildman–Crippen LogP) is 4.10. The number of aromatic nitrogens is 2. The van der Waals surface area contributed by atoms with Crippen LogP contribution in [0.4, 0.5) is 5.69 Å². The molecule has 0 saturated carbocycles. The molecular formula is C19H17N3O3S. The second-order valence-electron chi connectivity index (χ2n) is 5.82. The Labute approximate surface area is 154 Å². The van der Waals surface area contributed by atoms with Crippen molar-refractivity contribution < 1.29 is 14.1 Å². The van der Waals surface area contributed by atoms with Gasteiger partial charge >= 0.3 is 0 Å². The van der Waals surface area contributed by atoms with Gasteiger partial charge in [0, 0.05) is 23.1 Å². The fourth-order valence-electron chi connectivity index (χ4n) is 2.77. The first-order chi connectivity index (χ1) is 12.7. The van der Waals surface area contributed by atoms with Crippen LogP contribution in [0.5, 0.6) is 5.75 Å². The van der Waals surface area contributed by atoms with E-state index in [4.69, 9.17) is 9.26 Å². The van der Waals surface area contributed by atoms with Gasteiger partial charge in [-0.05, 0) is 42.1 Å². The van der Waals surface area contributed by atoms with Gasteiger partial charge < -0.3 is 14.2 Å². The largest absolute Gasteiger partial charge is 0.482 e. The minimum atomic E-state index is -0.0378. The molecule has 1 amide bonds. The average Bonchev–Trinajstić information content (AvgIpc) is 3.33. The van der Waals surface area contributed by atoms with Gasteiger partial charge in [0.15, 0.2) is 6.61 Å². The Hall–Kier alpha value is -2.93. The van der Waals surface area contributed by atoms with E-state index in [1.807, 2.05) is 48.7 Å². The van der Waals surface area contributed by atoms with Crippen LogP contribution < -0.4 is 9.64 Å². The van der Waals surface area contributed by atoms with Crippen LogP contribution in [0.1, 0.15) is 24.1 Å². The number of fused-ring (bicyclic) bond motifs is 1. The molecule has 0 aliphatic carbocycles. The van der Waals surface area contributed by atoms with Crippen LogP contribution >= 0.6 is 11.3 Å². The number of carbonyl (C=O) groups excluding carboxylic acids is 1. The molecule has 0 saturated heterocycles. The first-order valence-corrected chi connectivity index (χ1v) is 9.25. The first-order valence-electron chi connectivity index (χ1n) is 8.37. The molecule has 3 heterocycles. The lowest BCUT2D eigenvalue weighted by molar-refractivity contribution is -0.121. The summed E-state index contributed by atoms with van der Waals surface area (Å²) in [5, 5.41) is 6.06. The van der Waals surface area contributed by atoms with Crippen LogP contribution in [0.3, 0.4) is 0 Å². The van der Waals surface area contributed by atoms with E-state index >= 15 is 0 Å². The molecular weight excluding hydrogens is 350 g/mol. The highest BCUT2D eigenvalue weighted by Gasteiger charge is 2.25. The quantitative estimate of drug-likeness (QED) is 0.679. The Bertz CT molecular complexity index is 947. The summed E-state index contributed by atoms with van der Waals surface area (Å²) in [5.74, 6) is 1.57. The zero-order valence-corrected chi connectivity index (χ0v) is 15.0. The summed E-state index contributed by atoms with van der Waals surface area (Å²) in [5.41, 5.74) is 1.53. The van der Waals surface area contributed by atoms with E-state index in [0.717, 1.165) is 22.5 Å². The second-order valence-corrected chi connectivity index (χ2v) is 6.80. The van der Waals surface area contributed by atoms with Gasteiger partial charge in [-0.1, -0.05) is 18.1 Å². The van der Waals surface area contributed by atoms with Gasteiger partial charge in [-0.3, -0.25) is 4.79 Å². The first kappa shape index (κ1) is 16.5. The molecule has 2 aromatic heterocycles. The third-order valence-electron chi connectivity index (χ3n) is 3.98. The second kappa shape index (κ2) is 7.13. The number of carbonyl (C=O) groups is 1. The van der Waals surface area contributed by atoms with Crippen molar-refractivity contribution in [3.05, 3.63) is 46.5 Å². The van der Waals surface area contributed by atoms with E-state index in [1.54, 1.807) is 22.3 Å². The number of thiophene rings is 1. The monoisotopic (exact) mass is 367 g/mol. The molecule has 1 aliphatic rings. The van der Waals surface area contributed by atoms with Crippen LogP contribution in [-0.4, -0.2) is 29.2 Å². The molecule has 3 aromatic rings. The lowest BCUT2D eigenvalue weighted by atomic mass is 10.1. The Kier molecular flexibility index (Phi) is 4.53. The maximum atomic E-state index is 12.1. The molecule has 0 spiro atoms. The van der Waals surface area contributed by atoms with E-state index in [9.17, 15) is 4.79 Å². The van der Waals surface area contributed by atoms with Crippen molar-refractivity contribution in [2.45, 2.75) is 13.3 Å². The van der Waals surface area contributed by atoms with Crippen LogP contribution in [0.25, 0.3) is 23.5 Å². The number of amides is 1. The summed E-state index contributed by atoms with van der Waals surface area (Å²) in [6.07, 6.45) is 4.59. The number of hydrogen-bond acceptors (Lipinski definition) is 6. The fraction of sp³-hybridized carbons (Fsp3) is 0.211. The molecule has 4 rings (SSSR count). The normalized spacial score (nSPS) is 13.9. The molecule has 132 valence electrons. The zero-order chi connectivity index (χ0) is 17.9. The zero-order valence-electron chi connectivity index (χ0n) is 14.2. The average molecular weight is 367 g/mol. The van der Waals surface area contributed by atoms with Crippen molar-refractivity contribution in [3.8, 4) is 17.1 Å². The predicted molar refractivity (Wildman–Crippen MR) is 101 cm³/mol. The van der Waals surface area contributed by atoms with Crippen LogP contribution in [0.2, 0.25) is 0 Å². The van der Waals surface area contributed by atoms with Crippen molar-refractivity contribution >= 4 is 35.1 Å². The molecule has 0 N–H and O–H groups in total. The SMILES string of the molecule is CCCN1C(=O)COc2ccc(-c3noc(/C=C/c4cccs4)n3)cc21. The Balaban J connectivity index is 1.62. The van der Waals surface area contributed by atoms with Crippen molar-refractivity contribution in [2.24, 2.45) is 0 Å². The molecule has 6 nitrogen and oxygen atoms in total. The minimum absolute atomic E-state index is 0.0378. The maximum absolute atomic E-state index is 12.1. The third-order valence-corrected chi connectivity index (χ3v) is 4.82. The molecule has 1 aromatic carbocycles. The Morgan fingerprint density at radius 1 is 1.31 bits per heavy atom. The molecule has 0 atom stereocenters. The lowest BCUT2D eigenvalue weighted by Gasteiger charge is -2.29. The third kappa shape index (κ3) is 3.25. The number of hydrogen-bond donors (Lipinski definition) is 0. The highest BCUT2D eigenvalue weighted by molar-refractivity contribution is 7.10. The van der Waals surface area contributed by atoms with E-state index < -0.39 is 0 Å². The van der Waals surface area contributed by atoms with Gasteiger partial charge in [0.05, 0.1) is 5.69 Å². The lowest BCUT2D eigenvalue weighted by Crippen LogP contribution is -2.39. The molecule has 0 radical (unpaired) electrons. The van der Waals surface area contributed by atoms with Crippen LogP contribution in [-0.2, 0) is 4.79 Å². The molecule has 26 heavy (non-hydrogen) atoms. The molecule has 0 unspecified atom stereocenters. The van der Waals surface area contributed by atoms with Gasteiger partial charge in [-0.2, -0.15) is 4.98 Å². The number of ether oxygens (including phenoxy) is 1. The summed E-state index contributed by atoms with van der Waals surface area (Å²) in [7, 11) is 0. The van der Waals surface area contributed by atoms with Gasteiger partial charge in [-0.25, -0.2) is 0 Å². The number of benzene rings is 1. The van der Waals surface area contributed by atoms with Gasteiger partial charge in [0.25, 0.3) is 11.8 Å². The van der Waals surface area contributed by atoms with Crippen molar-refractivity contribution in [3.63, 3.8) is 0 Å². The van der Waals surface area contributed by atoms with Gasteiger partial charge in [0.1, 0.15) is 5.75 Å². The molecule has 1 aliphatic heterocycles. The Morgan fingerprint density at radius 2 is 2.23 bits per heavy atom. The summed E-state index contributed by atoms with van der Waals surface area (Å²) in [6.45, 7) is 2.77. The highest BCUT2D eigenvalue weighted by atomic mass is 32.1. The summed E-state index contributed by atoms with van der Waals surface area (Å²) in [4.78, 5) is 19.4.